The molecule has 8 aromatic carbocycles. The maximum Gasteiger partial charge on any atom is -0.000474 e. The monoisotopic (exact) mass is 364 g/mol. The zero-order chi connectivity index (χ0) is 18.9. The summed E-state index contributed by atoms with van der Waals surface area (Å²) in [6, 6.07) is 29.8. The molecule has 0 bridgehead atoms. The Hall–Kier alpha value is -3.64. The first-order chi connectivity index (χ1) is 14.3. The third kappa shape index (κ3) is 1.46. The predicted molar refractivity (Wildman–Crippen MR) is 127 cm³/mol. The maximum atomic E-state index is 2.39. The van der Waals surface area contributed by atoms with E-state index in [-0.39, 0.29) is 0 Å². The molecule has 0 spiro atoms. The first-order valence-electron chi connectivity index (χ1n) is 10.3. The molecule has 8 rings (SSSR count). The van der Waals surface area contributed by atoms with Gasteiger partial charge in [-0.05, 0) is 87.9 Å². The number of hydrogen-bond acceptors (Lipinski definition) is 0. The molecule has 0 saturated heterocycles. The first kappa shape index (κ1) is 14.4. The molecule has 0 aliphatic heterocycles. The lowest BCUT2D eigenvalue weighted by atomic mass is 9.80. The van der Waals surface area contributed by atoms with Gasteiger partial charge >= 0.3 is 0 Å². The van der Waals surface area contributed by atoms with E-state index in [1.165, 1.54) is 81.0 Å². The SMILES string of the molecule is Cc1cc2ccc3ccc4ccc5ccc6c7ccccc7c1c1c2c3c4c5c61. The van der Waals surface area contributed by atoms with E-state index >= 15 is 0 Å². The molecule has 0 N–H and O–H groups in total. The summed E-state index contributed by atoms with van der Waals surface area (Å²) in [7, 11) is 0. The quantitative estimate of drug-likeness (QED) is 0.187. The Balaban J connectivity index is 1.97. The molecule has 0 heteroatoms. The zero-order valence-corrected chi connectivity index (χ0v) is 16.0. The smallest absolute Gasteiger partial charge is 0.000474 e. The van der Waals surface area contributed by atoms with Crippen molar-refractivity contribution in [3.63, 3.8) is 0 Å². The van der Waals surface area contributed by atoms with Gasteiger partial charge in [-0.2, -0.15) is 0 Å². The maximum absolute atomic E-state index is 2.39. The largest absolute Gasteiger partial charge is 0.0616 e. The van der Waals surface area contributed by atoms with Gasteiger partial charge in [0, 0.05) is 0 Å². The lowest BCUT2D eigenvalue weighted by Crippen LogP contribution is -1.95. The van der Waals surface area contributed by atoms with Crippen molar-refractivity contribution in [3.05, 3.63) is 84.4 Å². The van der Waals surface area contributed by atoms with E-state index < -0.39 is 0 Å². The van der Waals surface area contributed by atoms with E-state index in [2.05, 4.69) is 85.8 Å². The Bertz CT molecular complexity index is 1900. The zero-order valence-electron chi connectivity index (χ0n) is 16.0. The Kier molecular flexibility index (Phi) is 2.23. The third-order valence-electron chi connectivity index (χ3n) is 7.18. The Morgan fingerprint density at radius 2 is 0.862 bits per heavy atom. The molecule has 0 nitrogen and oxygen atoms in total. The molecule has 132 valence electrons. The fourth-order valence-electron chi connectivity index (χ4n) is 6.10. The van der Waals surface area contributed by atoms with Crippen LogP contribution in [0.25, 0.3) is 75.4 Å². The van der Waals surface area contributed by atoms with Gasteiger partial charge in [-0.15, -0.1) is 0 Å². The minimum absolute atomic E-state index is 1.34. The Labute approximate surface area is 167 Å². The number of fused-ring (bicyclic) bond motifs is 3. The van der Waals surface area contributed by atoms with Crippen molar-refractivity contribution in [2.45, 2.75) is 6.92 Å². The summed E-state index contributed by atoms with van der Waals surface area (Å²) in [5.41, 5.74) is 1.37. The summed E-state index contributed by atoms with van der Waals surface area (Å²) in [5, 5.41) is 19.6. The van der Waals surface area contributed by atoms with Crippen molar-refractivity contribution in [2.75, 3.05) is 0 Å². The summed E-state index contributed by atoms with van der Waals surface area (Å²) in [6.45, 7) is 2.28. The van der Waals surface area contributed by atoms with Crippen LogP contribution >= 0.6 is 0 Å². The van der Waals surface area contributed by atoms with Gasteiger partial charge in [-0.3, -0.25) is 0 Å². The molecule has 0 amide bonds. The number of hydrogen-bond donors (Lipinski definition) is 0. The molecule has 0 fully saturated rings. The van der Waals surface area contributed by atoms with Gasteiger partial charge in [0.25, 0.3) is 0 Å². The summed E-state index contributed by atoms with van der Waals surface area (Å²) >= 11 is 0. The molecule has 29 heavy (non-hydrogen) atoms. The van der Waals surface area contributed by atoms with Gasteiger partial charge in [0.05, 0.1) is 0 Å². The molecule has 0 atom stereocenters. The second kappa shape index (κ2) is 4.50. The molecule has 0 heterocycles. The van der Waals surface area contributed by atoms with E-state index in [4.69, 9.17) is 0 Å². The molecule has 0 radical (unpaired) electrons. The normalized spacial score (nSPS) is 13.0. The number of aryl methyl sites for hydroxylation is 1. The first-order valence-corrected chi connectivity index (χ1v) is 10.3. The van der Waals surface area contributed by atoms with E-state index in [1.54, 1.807) is 0 Å². The van der Waals surface area contributed by atoms with Gasteiger partial charge < -0.3 is 0 Å². The standard InChI is InChI=1S/C29H16/c1-15-14-19-11-10-17-7-6-16-8-9-18-12-13-22-20-4-2-3-5-21(20)23(15)29-27(19)25(17)24(16)26(18)28(22)29/h2-14H,1H3. The van der Waals surface area contributed by atoms with Gasteiger partial charge in [-0.25, -0.2) is 0 Å². The van der Waals surface area contributed by atoms with Crippen LogP contribution in [-0.2, 0) is 0 Å². The third-order valence-corrected chi connectivity index (χ3v) is 7.18. The Morgan fingerprint density at radius 3 is 1.55 bits per heavy atom. The summed E-state index contributed by atoms with van der Waals surface area (Å²) < 4.78 is 0. The van der Waals surface area contributed by atoms with E-state index in [9.17, 15) is 0 Å². The fourth-order valence-corrected chi connectivity index (χ4v) is 6.10. The van der Waals surface area contributed by atoms with Crippen LogP contribution in [0.15, 0.2) is 78.9 Å². The average molecular weight is 364 g/mol. The number of rotatable bonds is 0. The van der Waals surface area contributed by atoms with E-state index in [1.807, 2.05) is 0 Å². The highest BCUT2D eigenvalue weighted by molar-refractivity contribution is 6.48. The molecule has 0 aromatic heterocycles. The molecule has 8 aromatic rings. The minimum atomic E-state index is 1.34. The van der Waals surface area contributed by atoms with Crippen molar-refractivity contribution < 1.29 is 0 Å². The van der Waals surface area contributed by atoms with Crippen molar-refractivity contribution in [1.82, 2.24) is 0 Å². The molecular weight excluding hydrogens is 348 g/mol. The fraction of sp³-hybridized carbons (Fsp3) is 0.0345. The topological polar surface area (TPSA) is 0 Å². The summed E-state index contributed by atoms with van der Waals surface area (Å²) in [4.78, 5) is 0. The van der Waals surface area contributed by atoms with Gasteiger partial charge in [0.1, 0.15) is 0 Å². The van der Waals surface area contributed by atoms with Crippen LogP contribution in [-0.4, -0.2) is 0 Å². The van der Waals surface area contributed by atoms with Crippen molar-refractivity contribution in [2.24, 2.45) is 0 Å². The van der Waals surface area contributed by atoms with Crippen LogP contribution in [0.1, 0.15) is 5.56 Å². The van der Waals surface area contributed by atoms with Gasteiger partial charge in [0.2, 0.25) is 0 Å². The van der Waals surface area contributed by atoms with Crippen LogP contribution in [0.4, 0.5) is 0 Å². The summed E-state index contributed by atoms with van der Waals surface area (Å²) in [6.07, 6.45) is 0. The van der Waals surface area contributed by atoms with Gasteiger partial charge in [0.15, 0.2) is 0 Å². The Morgan fingerprint density at radius 1 is 0.379 bits per heavy atom. The molecule has 0 aliphatic carbocycles. The molecule has 0 unspecified atom stereocenters. The molecular formula is C29H16. The molecule has 0 saturated carbocycles. The predicted octanol–water partition coefficient (Wildman–Crippen LogP) is 8.38. The van der Waals surface area contributed by atoms with Crippen molar-refractivity contribution in [3.8, 4) is 0 Å². The average Bonchev–Trinajstić information content (AvgIpc) is 2.77. The van der Waals surface area contributed by atoms with E-state index in [0.29, 0.717) is 0 Å². The highest BCUT2D eigenvalue weighted by Gasteiger charge is 2.22. The minimum Gasteiger partial charge on any atom is -0.0616 e. The van der Waals surface area contributed by atoms with Crippen LogP contribution in [0.5, 0.6) is 0 Å². The van der Waals surface area contributed by atoms with E-state index in [0.717, 1.165) is 0 Å². The van der Waals surface area contributed by atoms with Crippen molar-refractivity contribution >= 4 is 75.4 Å². The van der Waals surface area contributed by atoms with Crippen LogP contribution < -0.4 is 0 Å². The second-order valence-electron chi connectivity index (χ2n) is 8.57. The van der Waals surface area contributed by atoms with Gasteiger partial charge in [-0.1, -0.05) is 78.9 Å². The van der Waals surface area contributed by atoms with Crippen molar-refractivity contribution in [1.29, 1.82) is 0 Å². The van der Waals surface area contributed by atoms with Crippen LogP contribution in [0.3, 0.4) is 0 Å². The molecule has 0 aliphatic rings. The number of benzene rings is 8. The van der Waals surface area contributed by atoms with Crippen LogP contribution in [0, 0.1) is 6.92 Å². The second-order valence-corrected chi connectivity index (χ2v) is 8.57. The summed E-state index contributed by atoms with van der Waals surface area (Å²) in [5.74, 6) is 0. The van der Waals surface area contributed by atoms with Crippen LogP contribution in [0.2, 0.25) is 0 Å². The lowest BCUT2D eigenvalue weighted by molar-refractivity contribution is 1.57. The lowest BCUT2D eigenvalue weighted by Gasteiger charge is -2.23. The highest BCUT2D eigenvalue weighted by atomic mass is 14.2. The highest BCUT2D eigenvalue weighted by Crippen LogP contribution is 2.51.